The van der Waals surface area contributed by atoms with Crippen LogP contribution in [0, 0.1) is 6.92 Å². The molecular weight excluding hydrogens is 470 g/mol. The molecule has 0 aliphatic carbocycles. The van der Waals surface area contributed by atoms with E-state index in [2.05, 4.69) is 14.7 Å². The maximum atomic E-state index is 11.2. The molecule has 0 aliphatic rings. The lowest BCUT2D eigenvalue weighted by Gasteiger charge is -2.14. The van der Waals surface area contributed by atoms with Gasteiger partial charge in [0, 0.05) is 16.5 Å². The Hall–Kier alpha value is -3.39. The first kappa shape index (κ1) is 23.8. The number of carbonyl (C=O) groups is 1. The molecule has 0 saturated heterocycles. The SMILES string of the molecule is Cc1cccc(COCc2ccccc2)c1-c1cc(Cl)nc(NSc2cccc(C(=O)O)c2)n1. The third kappa shape index (κ3) is 6.14. The number of hydrogen-bond donors (Lipinski definition) is 2. The standard InChI is InChI=1S/C26H22ClN3O3S/c1-17-7-5-11-20(16-33-15-18-8-3-2-4-9-18)24(17)22-14-23(27)29-26(28-22)30-34-21-12-6-10-19(13-21)25(31)32/h2-14H,15-16H2,1H3,(H,31,32)(H,28,29,30). The molecule has 34 heavy (non-hydrogen) atoms. The molecule has 0 amide bonds. The number of aromatic nitrogens is 2. The summed E-state index contributed by atoms with van der Waals surface area (Å²) < 4.78 is 9.04. The summed E-state index contributed by atoms with van der Waals surface area (Å²) in [4.78, 5) is 20.9. The lowest BCUT2D eigenvalue weighted by molar-refractivity contribution is 0.0696. The molecule has 3 aromatic carbocycles. The van der Waals surface area contributed by atoms with Crippen LogP contribution < -0.4 is 4.72 Å². The van der Waals surface area contributed by atoms with Gasteiger partial charge < -0.3 is 9.84 Å². The maximum absolute atomic E-state index is 11.2. The molecule has 172 valence electrons. The van der Waals surface area contributed by atoms with Crippen molar-refractivity contribution in [1.29, 1.82) is 0 Å². The highest BCUT2D eigenvalue weighted by Crippen LogP contribution is 2.30. The van der Waals surface area contributed by atoms with Crippen LogP contribution in [-0.4, -0.2) is 21.0 Å². The van der Waals surface area contributed by atoms with Crippen molar-refractivity contribution in [3.05, 3.63) is 106 Å². The molecule has 1 aromatic heterocycles. The molecule has 4 aromatic rings. The Kier molecular flexibility index (Phi) is 7.80. The van der Waals surface area contributed by atoms with Crippen LogP contribution in [0.25, 0.3) is 11.3 Å². The van der Waals surface area contributed by atoms with E-state index in [9.17, 15) is 9.90 Å². The van der Waals surface area contributed by atoms with Crippen LogP contribution in [0.4, 0.5) is 5.95 Å². The largest absolute Gasteiger partial charge is 0.478 e. The number of ether oxygens (including phenoxy) is 1. The summed E-state index contributed by atoms with van der Waals surface area (Å²) in [7, 11) is 0. The Morgan fingerprint density at radius 1 is 1.00 bits per heavy atom. The van der Waals surface area contributed by atoms with Crippen LogP contribution in [0.2, 0.25) is 5.15 Å². The molecular formula is C26H22ClN3O3S. The van der Waals surface area contributed by atoms with Gasteiger partial charge in [-0.2, -0.15) is 0 Å². The molecule has 4 rings (SSSR count). The van der Waals surface area contributed by atoms with E-state index < -0.39 is 5.97 Å². The van der Waals surface area contributed by atoms with Crippen LogP contribution in [0.15, 0.2) is 83.8 Å². The number of rotatable bonds is 9. The minimum Gasteiger partial charge on any atom is -0.478 e. The third-order valence-electron chi connectivity index (χ3n) is 5.02. The number of aryl methyl sites for hydroxylation is 1. The quantitative estimate of drug-likeness (QED) is 0.200. The molecule has 0 bridgehead atoms. The van der Waals surface area contributed by atoms with Gasteiger partial charge in [-0.1, -0.05) is 66.2 Å². The number of carboxylic acid groups (broad SMARTS) is 1. The molecule has 0 atom stereocenters. The fourth-order valence-corrected chi connectivity index (χ4v) is 4.27. The van der Waals surface area contributed by atoms with Crippen molar-refractivity contribution in [3.8, 4) is 11.3 Å². The van der Waals surface area contributed by atoms with Gasteiger partial charge in [0.05, 0.1) is 24.5 Å². The van der Waals surface area contributed by atoms with Crippen molar-refractivity contribution in [2.75, 3.05) is 4.72 Å². The second-order valence-electron chi connectivity index (χ2n) is 7.52. The average Bonchev–Trinajstić information content (AvgIpc) is 2.83. The number of nitrogens with zero attached hydrogens (tertiary/aromatic N) is 2. The van der Waals surface area contributed by atoms with Crippen molar-refractivity contribution >= 4 is 35.5 Å². The Labute approximate surface area is 207 Å². The zero-order valence-corrected chi connectivity index (χ0v) is 19.9. The van der Waals surface area contributed by atoms with Gasteiger partial charge in [-0.15, -0.1) is 0 Å². The molecule has 2 N–H and O–H groups in total. The molecule has 6 nitrogen and oxygen atoms in total. The minimum atomic E-state index is -0.981. The van der Waals surface area contributed by atoms with E-state index in [-0.39, 0.29) is 5.56 Å². The van der Waals surface area contributed by atoms with E-state index in [1.807, 2.05) is 55.5 Å². The first-order valence-electron chi connectivity index (χ1n) is 10.5. The highest BCUT2D eigenvalue weighted by molar-refractivity contribution is 8.00. The highest BCUT2D eigenvalue weighted by atomic mass is 35.5. The summed E-state index contributed by atoms with van der Waals surface area (Å²) in [6.45, 7) is 2.95. The molecule has 8 heteroatoms. The van der Waals surface area contributed by atoms with Crippen LogP contribution in [0.5, 0.6) is 0 Å². The lowest BCUT2D eigenvalue weighted by atomic mass is 9.99. The Morgan fingerprint density at radius 2 is 1.79 bits per heavy atom. The minimum absolute atomic E-state index is 0.208. The molecule has 0 unspecified atom stereocenters. The van der Waals surface area contributed by atoms with Gasteiger partial charge in [0.25, 0.3) is 0 Å². The number of aromatic carboxylic acids is 1. The van der Waals surface area contributed by atoms with Crippen molar-refractivity contribution in [2.24, 2.45) is 0 Å². The van der Waals surface area contributed by atoms with Crippen LogP contribution in [0.3, 0.4) is 0 Å². The van der Waals surface area contributed by atoms with Crippen molar-refractivity contribution < 1.29 is 14.6 Å². The molecule has 0 spiro atoms. The molecule has 0 aliphatic heterocycles. The smallest absolute Gasteiger partial charge is 0.335 e. The van der Waals surface area contributed by atoms with E-state index in [1.54, 1.807) is 30.3 Å². The fraction of sp³-hybridized carbons (Fsp3) is 0.115. The summed E-state index contributed by atoms with van der Waals surface area (Å²) in [5.41, 5.74) is 4.98. The number of benzene rings is 3. The second-order valence-corrected chi connectivity index (χ2v) is 8.79. The number of carboxylic acids is 1. The van der Waals surface area contributed by atoms with Gasteiger partial charge >= 0.3 is 5.97 Å². The topological polar surface area (TPSA) is 84.3 Å². The number of anilines is 1. The van der Waals surface area contributed by atoms with Gasteiger partial charge in [-0.05, 0) is 53.8 Å². The Bertz CT molecular complexity index is 1300. The molecule has 0 radical (unpaired) electrons. The zero-order valence-electron chi connectivity index (χ0n) is 18.4. The first-order chi connectivity index (χ1) is 16.5. The lowest BCUT2D eigenvalue weighted by Crippen LogP contribution is -2.02. The highest BCUT2D eigenvalue weighted by Gasteiger charge is 2.13. The fourth-order valence-electron chi connectivity index (χ4n) is 3.46. The second kappa shape index (κ2) is 11.2. The van der Waals surface area contributed by atoms with Gasteiger partial charge in [-0.3, -0.25) is 4.72 Å². The van der Waals surface area contributed by atoms with Crippen molar-refractivity contribution in [2.45, 2.75) is 25.0 Å². The van der Waals surface area contributed by atoms with E-state index in [0.29, 0.717) is 30.0 Å². The number of nitrogens with one attached hydrogen (secondary N) is 1. The average molecular weight is 492 g/mol. The summed E-state index contributed by atoms with van der Waals surface area (Å²) in [6.07, 6.45) is 0. The summed E-state index contributed by atoms with van der Waals surface area (Å²) >= 11 is 7.54. The van der Waals surface area contributed by atoms with Crippen molar-refractivity contribution in [3.63, 3.8) is 0 Å². The summed E-state index contributed by atoms with van der Waals surface area (Å²) in [6, 6.07) is 24.4. The first-order valence-corrected chi connectivity index (χ1v) is 11.7. The normalized spacial score (nSPS) is 10.8. The number of hydrogen-bond acceptors (Lipinski definition) is 6. The zero-order chi connectivity index (χ0) is 23.9. The monoisotopic (exact) mass is 491 g/mol. The van der Waals surface area contributed by atoms with Crippen LogP contribution >= 0.6 is 23.5 Å². The summed E-state index contributed by atoms with van der Waals surface area (Å²) in [5.74, 6) is -0.655. The van der Waals surface area contributed by atoms with Gasteiger partial charge in [-0.25, -0.2) is 14.8 Å². The summed E-state index contributed by atoms with van der Waals surface area (Å²) in [5, 5.41) is 9.49. The predicted octanol–water partition coefficient (Wildman–Crippen LogP) is 6.64. The predicted molar refractivity (Wildman–Crippen MR) is 135 cm³/mol. The Balaban J connectivity index is 1.54. The molecule has 1 heterocycles. The van der Waals surface area contributed by atoms with Crippen molar-refractivity contribution in [1.82, 2.24) is 9.97 Å². The van der Waals surface area contributed by atoms with E-state index >= 15 is 0 Å². The van der Waals surface area contributed by atoms with E-state index in [1.165, 1.54) is 11.9 Å². The van der Waals surface area contributed by atoms with Crippen LogP contribution in [0.1, 0.15) is 27.0 Å². The maximum Gasteiger partial charge on any atom is 0.335 e. The molecule has 0 saturated carbocycles. The van der Waals surface area contributed by atoms with Gasteiger partial charge in [0.1, 0.15) is 5.15 Å². The van der Waals surface area contributed by atoms with E-state index in [0.717, 1.165) is 27.1 Å². The molecule has 0 fully saturated rings. The van der Waals surface area contributed by atoms with Crippen LogP contribution in [-0.2, 0) is 18.0 Å². The number of halogens is 1. The van der Waals surface area contributed by atoms with E-state index in [4.69, 9.17) is 16.3 Å². The third-order valence-corrected chi connectivity index (χ3v) is 5.99. The van der Waals surface area contributed by atoms with Gasteiger partial charge in [0.2, 0.25) is 5.95 Å². The van der Waals surface area contributed by atoms with Gasteiger partial charge in [0.15, 0.2) is 0 Å². The Morgan fingerprint density at radius 3 is 2.59 bits per heavy atom.